The number of aryl methyl sites for hydroxylation is 1. The second-order valence-electron chi connectivity index (χ2n) is 8.70. The maximum Gasteiger partial charge on any atom is 0.123 e. The van der Waals surface area contributed by atoms with Crippen molar-refractivity contribution in [1.82, 2.24) is 0 Å². The first-order valence-electron chi connectivity index (χ1n) is 10.7. The van der Waals surface area contributed by atoms with Crippen molar-refractivity contribution in [2.45, 2.75) is 32.1 Å². The Balaban J connectivity index is 1.58. The van der Waals surface area contributed by atoms with Crippen molar-refractivity contribution in [2.24, 2.45) is 0 Å². The minimum atomic E-state index is -0.271. The van der Waals surface area contributed by atoms with Crippen molar-refractivity contribution >= 4 is 0 Å². The molecular weight excluding hydrogens is 380 g/mol. The van der Waals surface area contributed by atoms with E-state index in [4.69, 9.17) is 0 Å². The molecule has 0 heterocycles. The van der Waals surface area contributed by atoms with E-state index in [1.807, 2.05) is 60.7 Å². The molecular formula is C29H28O2. The molecule has 0 saturated carbocycles. The van der Waals surface area contributed by atoms with Crippen molar-refractivity contribution in [3.8, 4) is 33.8 Å². The summed E-state index contributed by atoms with van der Waals surface area (Å²) in [6.45, 7) is 4.22. The van der Waals surface area contributed by atoms with Gasteiger partial charge in [0.2, 0.25) is 0 Å². The van der Waals surface area contributed by atoms with Gasteiger partial charge in [-0.05, 0) is 52.6 Å². The Morgan fingerprint density at radius 1 is 0.613 bits per heavy atom. The fourth-order valence-corrected chi connectivity index (χ4v) is 4.06. The first kappa shape index (κ1) is 20.7. The Kier molecular flexibility index (Phi) is 5.81. The van der Waals surface area contributed by atoms with E-state index in [0.29, 0.717) is 5.56 Å². The lowest BCUT2D eigenvalue weighted by atomic mass is 9.78. The highest BCUT2D eigenvalue weighted by Gasteiger charge is 2.25. The third kappa shape index (κ3) is 4.64. The highest BCUT2D eigenvalue weighted by atomic mass is 16.3. The second-order valence-corrected chi connectivity index (χ2v) is 8.70. The number of phenolic OH excluding ortho intramolecular Hbond substituents is 2. The molecule has 4 aromatic carbocycles. The minimum absolute atomic E-state index is 0.188. The van der Waals surface area contributed by atoms with Crippen LogP contribution < -0.4 is 0 Å². The Hall–Kier alpha value is -3.52. The standard InChI is InChI=1S/C29H28O2/c1-29(2,18-17-21-9-5-3-6-10-21)26-20-27(30)25(19-28(26)31)24-15-13-23(14-16-24)22-11-7-4-8-12-22/h3-16,19-20,30-31H,17-18H2,1-2H3. The van der Waals surface area contributed by atoms with Crippen LogP contribution in [0.5, 0.6) is 11.5 Å². The molecule has 0 radical (unpaired) electrons. The van der Waals surface area contributed by atoms with E-state index in [1.54, 1.807) is 12.1 Å². The lowest BCUT2D eigenvalue weighted by Crippen LogP contribution is -2.18. The number of aromatic hydroxyl groups is 2. The third-order valence-corrected chi connectivity index (χ3v) is 6.03. The van der Waals surface area contributed by atoms with Crippen LogP contribution in [-0.2, 0) is 11.8 Å². The molecule has 0 atom stereocenters. The van der Waals surface area contributed by atoms with Gasteiger partial charge in [-0.3, -0.25) is 0 Å². The summed E-state index contributed by atoms with van der Waals surface area (Å²) >= 11 is 0. The van der Waals surface area contributed by atoms with Gasteiger partial charge in [0.25, 0.3) is 0 Å². The number of benzene rings is 4. The van der Waals surface area contributed by atoms with E-state index in [0.717, 1.165) is 35.1 Å². The monoisotopic (exact) mass is 408 g/mol. The Morgan fingerprint density at radius 2 is 1.16 bits per heavy atom. The molecule has 0 aliphatic rings. The number of rotatable bonds is 6. The molecule has 0 aromatic heterocycles. The van der Waals surface area contributed by atoms with E-state index in [-0.39, 0.29) is 16.9 Å². The summed E-state index contributed by atoms with van der Waals surface area (Å²) in [5, 5.41) is 21.6. The molecule has 4 rings (SSSR count). The van der Waals surface area contributed by atoms with Crippen molar-refractivity contribution in [3.63, 3.8) is 0 Å². The van der Waals surface area contributed by atoms with Gasteiger partial charge in [0.05, 0.1) is 0 Å². The molecule has 0 unspecified atom stereocenters. The molecule has 0 bridgehead atoms. The minimum Gasteiger partial charge on any atom is -0.508 e. The summed E-state index contributed by atoms with van der Waals surface area (Å²) in [5.74, 6) is 0.408. The van der Waals surface area contributed by atoms with Gasteiger partial charge in [-0.2, -0.15) is 0 Å². The summed E-state index contributed by atoms with van der Waals surface area (Å²) in [6.07, 6.45) is 1.78. The van der Waals surface area contributed by atoms with Crippen molar-refractivity contribution < 1.29 is 10.2 Å². The second kappa shape index (κ2) is 8.69. The first-order chi connectivity index (χ1) is 14.9. The number of phenols is 2. The van der Waals surface area contributed by atoms with Gasteiger partial charge in [0.15, 0.2) is 0 Å². The molecule has 0 saturated heterocycles. The van der Waals surface area contributed by atoms with Gasteiger partial charge in [-0.25, -0.2) is 0 Å². The van der Waals surface area contributed by atoms with Crippen molar-refractivity contribution in [3.05, 3.63) is 108 Å². The lowest BCUT2D eigenvalue weighted by molar-refractivity contribution is 0.413. The molecule has 2 heteroatoms. The van der Waals surface area contributed by atoms with Crippen LogP contribution in [0.3, 0.4) is 0 Å². The maximum absolute atomic E-state index is 10.8. The fraction of sp³-hybridized carbons (Fsp3) is 0.172. The molecule has 2 nitrogen and oxygen atoms in total. The van der Waals surface area contributed by atoms with Gasteiger partial charge >= 0.3 is 0 Å². The zero-order chi connectivity index (χ0) is 21.8. The summed E-state index contributed by atoms with van der Waals surface area (Å²) in [4.78, 5) is 0. The highest BCUT2D eigenvalue weighted by molar-refractivity contribution is 5.75. The van der Waals surface area contributed by atoms with Crippen LogP contribution in [0.15, 0.2) is 97.1 Å². The normalized spacial score (nSPS) is 11.4. The Bertz CT molecular complexity index is 1140. The van der Waals surface area contributed by atoms with Crippen LogP contribution in [0.25, 0.3) is 22.3 Å². The fourth-order valence-electron chi connectivity index (χ4n) is 4.06. The molecule has 2 N–H and O–H groups in total. The SMILES string of the molecule is CC(C)(CCc1ccccc1)c1cc(O)c(-c2ccc(-c3ccccc3)cc2)cc1O. The summed E-state index contributed by atoms with van der Waals surface area (Å²) < 4.78 is 0. The van der Waals surface area contributed by atoms with Crippen LogP contribution in [0.4, 0.5) is 0 Å². The zero-order valence-electron chi connectivity index (χ0n) is 18.0. The Labute approximate surface area is 184 Å². The van der Waals surface area contributed by atoms with Crippen LogP contribution >= 0.6 is 0 Å². The highest BCUT2D eigenvalue weighted by Crippen LogP contribution is 2.42. The smallest absolute Gasteiger partial charge is 0.123 e. The molecule has 0 aliphatic carbocycles. The number of hydrogen-bond donors (Lipinski definition) is 2. The molecule has 31 heavy (non-hydrogen) atoms. The molecule has 0 amide bonds. The van der Waals surface area contributed by atoms with Crippen LogP contribution in [0.1, 0.15) is 31.4 Å². The van der Waals surface area contributed by atoms with E-state index in [2.05, 4.69) is 38.1 Å². The first-order valence-corrected chi connectivity index (χ1v) is 10.7. The number of hydrogen-bond acceptors (Lipinski definition) is 2. The third-order valence-electron chi connectivity index (χ3n) is 6.03. The van der Waals surface area contributed by atoms with Crippen molar-refractivity contribution in [1.29, 1.82) is 0 Å². The molecule has 4 aromatic rings. The zero-order valence-corrected chi connectivity index (χ0v) is 18.0. The summed E-state index contributed by atoms with van der Waals surface area (Å²) in [5.41, 5.74) is 5.55. The van der Waals surface area contributed by atoms with Gasteiger partial charge in [0, 0.05) is 11.1 Å². The van der Waals surface area contributed by atoms with E-state index >= 15 is 0 Å². The van der Waals surface area contributed by atoms with E-state index in [9.17, 15) is 10.2 Å². The van der Waals surface area contributed by atoms with E-state index in [1.165, 1.54) is 5.56 Å². The quantitative estimate of drug-likeness (QED) is 0.328. The van der Waals surface area contributed by atoms with Crippen molar-refractivity contribution in [2.75, 3.05) is 0 Å². The predicted molar refractivity (Wildman–Crippen MR) is 128 cm³/mol. The van der Waals surface area contributed by atoms with Gasteiger partial charge < -0.3 is 10.2 Å². The molecule has 0 spiro atoms. The average molecular weight is 409 g/mol. The summed E-state index contributed by atoms with van der Waals surface area (Å²) in [6, 6.07) is 32.0. The average Bonchev–Trinajstić information content (AvgIpc) is 2.80. The molecule has 0 fully saturated rings. The van der Waals surface area contributed by atoms with Crippen LogP contribution in [-0.4, -0.2) is 10.2 Å². The van der Waals surface area contributed by atoms with Crippen LogP contribution in [0, 0.1) is 0 Å². The van der Waals surface area contributed by atoms with E-state index < -0.39 is 0 Å². The Morgan fingerprint density at radius 3 is 1.81 bits per heavy atom. The summed E-state index contributed by atoms with van der Waals surface area (Å²) in [7, 11) is 0. The van der Waals surface area contributed by atoms with Crippen LogP contribution in [0.2, 0.25) is 0 Å². The van der Waals surface area contributed by atoms with Gasteiger partial charge in [-0.1, -0.05) is 98.8 Å². The molecule has 0 aliphatic heterocycles. The maximum atomic E-state index is 10.8. The topological polar surface area (TPSA) is 40.5 Å². The molecule has 156 valence electrons. The van der Waals surface area contributed by atoms with Gasteiger partial charge in [0.1, 0.15) is 11.5 Å². The predicted octanol–water partition coefficient (Wildman–Crippen LogP) is 7.34. The lowest BCUT2D eigenvalue weighted by Gasteiger charge is -2.27. The largest absolute Gasteiger partial charge is 0.508 e. The van der Waals surface area contributed by atoms with Gasteiger partial charge in [-0.15, -0.1) is 0 Å².